The number of carbonyl (C=O) groups excluding carboxylic acids is 6. The van der Waals surface area contributed by atoms with Crippen LogP contribution < -0.4 is 24.7 Å². The molecule has 4 amide bonds. The van der Waals surface area contributed by atoms with E-state index in [0.29, 0.717) is 152 Å². The average Bonchev–Trinajstić information content (AvgIpc) is 0.931. The number of carbonyl (C=O) groups is 6. The topological polar surface area (TPSA) is 331 Å². The number of hydroxylamine groups is 2. The van der Waals surface area contributed by atoms with Gasteiger partial charge in [-0.1, -0.05) is 12.1 Å². The van der Waals surface area contributed by atoms with Crippen molar-refractivity contribution in [2.24, 2.45) is 0 Å². The second kappa shape index (κ2) is 36.1. The second-order valence-corrected chi connectivity index (χ2v) is 23.7. The highest BCUT2D eigenvalue weighted by Gasteiger charge is 2.33. The highest BCUT2D eigenvalue weighted by atomic mass is 32.2. The van der Waals surface area contributed by atoms with E-state index >= 15 is 0 Å². The molecule has 4 aromatic rings. The molecule has 1 saturated heterocycles. The molecule has 26 nitrogen and oxygen atoms in total. The maximum absolute atomic E-state index is 14.6. The lowest BCUT2D eigenvalue weighted by molar-refractivity contribution is -0.909. The lowest BCUT2D eigenvalue weighted by Crippen LogP contribution is -2.48. The van der Waals surface area contributed by atoms with Gasteiger partial charge in [-0.25, -0.2) is 26.4 Å². The van der Waals surface area contributed by atoms with Crippen LogP contribution in [-0.2, 0) is 79.2 Å². The summed E-state index contributed by atoms with van der Waals surface area (Å²) >= 11 is 0. The molecule has 2 N–H and O–H groups in total. The van der Waals surface area contributed by atoms with Gasteiger partial charge in [0.1, 0.15) is 18.1 Å². The molecule has 2 heterocycles. The van der Waals surface area contributed by atoms with Crippen LogP contribution in [0.2, 0.25) is 0 Å². The molecule has 1 fully saturated rings. The number of nitrogens with zero attached hydrogens (tertiary/aromatic N) is 3. The van der Waals surface area contributed by atoms with Gasteiger partial charge in [0.05, 0.1) is 136 Å². The van der Waals surface area contributed by atoms with E-state index in [0.717, 1.165) is 0 Å². The number of esters is 1. The van der Waals surface area contributed by atoms with Crippen molar-refractivity contribution < 1.29 is 106 Å². The molecule has 0 saturated carbocycles. The zero-order chi connectivity index (χ0) is 62.5. The van der Waals surface area contributed by atoms with Crippen LogP contribution in [0.4, 0.5) is 0 Å². The number of fused-ring (bicyclic) bond motifs is 2. The first-order chi connectivity index (χ1) is 41.1. The Morgan fingerprint density at radius 3 is 1.73 bits per heavy atom. The number of hydrogen-bond donors (Lipinski definition) is 2. The Morgan fingerprint density at radius 1 is 0.628 bits per heavy atom. The van der Waals surface area contributed by atoms with Crippen LogP contribution >= 0.6 is 0 Å². The van der Waals surface area contributed by atoms with Gasteiger partial charge in [0.2, 0.25) is 16.9 Å². The third kappa shape index (κ3) is 24.8. The summed E-state index contributed by atoms with van der Waals surface area (Å²) in [7, 11) is -5.47. The number of quaternary nitrogens is 1. The van der Waals surface area contributed by atoms with Crippen molar-refractivity contribution >= 4 is 77.6 Å². The molecular weight excluding hydrogens is 1170 g/mol. The molecule has 1 aromatic heterocycles. The molecule has 28 heteroatoms. The molecule has 1 atom stereocenters. The number of pyridine rings is 1. The predicted molar refractivity (Wildman–Crippen MR) is 309 cm³/mol. The van der Waals surface area contributed by atoms with Crippen LogP contribution in [0.15, 0.2) is 54.6 Å². The molecule has 5 rings (SSSR count). The van der Waals surface area contributed by atoms with E-state index in [1.807, 2.05) is 11.6 Å². The smallest absolute Gasteiger partial charge is 0.345 e. The standard InChI is InChI=1S/C58H81N5O21S2/c1-43-40-45(57(68)60-21-9-24-63(3,25-11-39-86(73,74)75)23-8-20-59-51(64)14-7-15-54(67)84-62-52(65)18-19-53(62)66)41-44(2)56(43)83-58(69)55-47-12-5-6-13-49(47)61(22-10-38-85(70,71)72)50-17-16-46(42-48(50)55)82-37-36-81-35-34-80-33-32-79-31-30-78-29-28-77-27-26-76-4/h5-6,12-13,16-17,40-42H,7-11,14-15,18-39H2,1-4H3,(H2-2,59,60,64,68,70,71,72,73,74,75). The Bertz CT molecular complexity index is 3110. The number of imide groups is 1. The minimum absolute atomic E-state index is 0.00923. The quantitative estimate of drug-likeness (QED) is 0.00940. The predicted octanol–water partition coefficient (Wildman–Crippen LogP) is 2.95. The minimum atomic E-state index is -4.51. The van der Waals surface area contributed by atoms with E-state index in [4.69, 9.17) is 42.7 Å². The van der Waals surface area contributed by atoms with Crippen molar-refractivity contribution in [1.29, 1.82) is 0 Å². The summed E-state index contributed by atoms with van der Waals surface area (Å²) in [6.07, 6.45) is 0.925. The van der Waals surface area contributed by atoms with Crippen molar-refractivity contribution in [3.05, 3.63) is 76.9 Å². The number of para-hydroxylation sites is 1. The third-order valence-corrected chi connectivity index (χ3v) is 15.3. The van der Waals surface area contributed by atoms with E-state index in [1.165, 1.54) is 0 Å². The normalized spacial score (nSPS) is 13.5. The van der Waals surface area contributed by atoms with Gasteiger partial charge < -0.3 is 67.0 Å². The molecule has 3 aromatic carbocycles. The summed E-state index contributed by atoms with van der Waals surface area (Å²) in [6.45, 7) is 10.0. The number of amides is 4. The van der Waals surface area contributed by atoms with Gasteiger partial charge in [-0.05, 0) is 61.7 Å². The SMILES string of the molecule is COCCOCCOCCOCCOCCOCCOc1ccc2c(c1)c(C(=O)Oc1c(C)cc(C(=O)NCCC[N+](C)(CCCNC(=O)CCCC(=O)ON3C(=O)CCC3=O)CCCS(=O)(=O)[O-])cc1C)c1ccccc1[n+]2CCCS(=O)(=O)[O-]. The summed E-state index contributed by atoms with van der Waals surface area (Å²) in [5.41, 5.74) is 2.60. The van der Waals surface area contributed by atoms with Crippen LogP contribution in [-0.4, -0.2) is 209 Å². The fourth-order valence-corrected chi connectivity index (χ4v) is 10.5. The number of aryl methyl sites for hydroxylation is 3. The minimum Gasteiger partial charge on any atom is -0.748 e. The Morgan fingerprint density at radius 2 is 1.15 bits per heavy atom. The van der Waals surface area contributed by atoms with E-state index in [9.17, 15) is 54.7 Å². The average molecular weight is 1250 g/mol. The van der Waals surface area contributed by atoms with Crippen LogP contribution in [0.1, 0.15) is 89.6 Å². The summed E-state index contributed by atoms with van der Waals surface area (Å²) in [5.74, 6) is -3.95. The number of nitrogens with one attached hydrogen (secondary N) is 2. The maximum atomic E-state index is 14.6. The van der Waals surface area contributed by atoms with E-state index in [1.54, 1.807) is 75.6 Å². The monoisotopic (exact) mass is 1250 g/mol. The Balaban J connectivity index is 1.16. The Labute approximate surface area is 502 Å². The van der Waals surface area contributed by atoms with Crippen LogP contribution in [0.25, 0.3) is 21.8 Å². The van der Waals surface area contributed by atoms with Crippen molar-refractivity contribution in [2.75, 3.05) is 138 Å². The van der Waals surface area contributed by atoms with Gasteiger partial charge in [-0.15, -0.1) is 5.06 Å². The van der Waals surface area contributed by atoms with Gasteiger partial charge in [0.15, 0.2) is 6.54 Å². The molecular formula is C58H81N5O21S2. The fourth-order valence-electron chi connectivity index (χ4n) is 9.52. The van der Waals surface area contributed by atoms with E-state index in [2.05, 4.69) is 10.6 Å². The third-order valence-electron chi connectivity index (χ3n) is 13.7. The summed E-state index contributed by atoms with van der Waals surface area (Å²) in [5, 5.41) is 7.08. The van der Waals surface area contributed by atoms with Gasteiger partial charge in [0.25, 0.3) is 17.7 Å². The number of rotatable bonds is 43. The highest BCUT2D eigenvalue weighted by Crippen LogP contribution is 2.32. The fraction of sp³-hybridized carbons (Fsp3) is 0.569. The molecule has 1 aliphatic heterocycles. The number of hydrogen-bond acceptors (Lipinski definition) is 21. The lowest BCUT2D eigenvalue weighted by atomic mass is 10.0. The lowest BCUT2D eigenvalue weighted by Gasteiger charge is -2.35. The van der Waals surface area contributed by atoms with Crippen LogP contribution in [0.5, 0.6) is 11.5 Å². The first-order valence-corrected chi connectivity index (χ1v) is 31.8. The van der Waals surface area contributed by atoms with Gasteiger partial charge >= 0.3 is 11.9 Å². The van der Waals surface area contributed by atoms with E-state index < -0.39 is 61.4 Å². The summed E-state index contributed by atoms with van der Waals surface area (Å²) in [6, 6.07) is 15.4. The number of aromatic nitrogens is 1. The molecule has 0 aliphatic carbocycles. The van der Waals surface area contributed by atoms with Gasteiger partial charge in [0, 0.05) is 101 Å². The van der Waals surface area contributed by atoms with Crippen molar-refractivity contribution in [1.82, 2.24) is 15.7 Å². The molecule has 0 bridgehead atoms. The van der Waals surface area contributed by atoms with Crippen molar-refractivity contribution in [2.45, 2.75) is 78.2 Å². The Kier molecular flexibility index (Phi) is 29.6. The molecule has 1 aliphatic rings. The van der Waals surface area contributed by atoms with Gasteiger partial charge in [-0.2, -0.15) is 4.57 Å². The largest absolute Gasteiger partial charge is 0.748 e. The molecule has 0 spiro atoms. The van der Waals surface area contributed by atoms with E-state index in [-0.39, 0.29) is 95.0 Å². The summed E-state index contributed by atoms with van der Waals surface area (Å²) < 4.78 is 116. The second-order valence-electron chi connectivity index (χ2n) is 20.7. The highest BCUT2D eigenvalue weighted by molar-refractivity contribution is 7.85. The number of ether oxygens (including phenoxy) is 8. The number of benzene rings is 3. The molecule has 476 valence electrons. The zero-order valence-electron chi connectivity index (χ0n) is 49.4. The summed E-state index contributed by atoms with van der Waals surface area (Å²) in [4.78, 5) is 81.1. The Hall–Kier alpha value is -6.31. The van der Waals surface area contributed by atoms with Crippen LogP contribution in [0.3, 0.4) is 0 Å². The van der Waals surface area contributed by atoms with Gasteiger partial charge in [-0.3, -0.25) is 19.2 Å². The number of methoxy groups -OCH3 is 1. The van der Waals surface area contributed by atoms with Crippen molar-refractivity contribution in [3.8, 4) is 11.5 Å². The molecule has 86 heavy (non-hydrogen) atoms. The zero-order valence-corrected chi connectivity index (χ0v) is 51.1. The molecule has 1 unspecified atom stereocenters. The maximum Gasteiger partial charge on any atom is 0.345 e. The molecule has 0 radical (unpaired) electrons. The first kappa shape index (κ1) is 70.5. The van der Waals surface area contributed by atoms with Crippen LogP contribution in [0, 0.1) is 13.8 Å². The first-order valence-electron chi connectivity index (χ1n) is 28.6. The van der Waals surface area contributed by atoms with Crippen molar-refractivity contribution in [3.63, 3.8) is 0 Å².